The summed E-state index contributed by atoms with van der Waals surface area (Å²) in [6.45, 7) is 4.07. The molecule has 0 unspecified atom stereocenters. The Morgan fingerprint density at radius 3 is 2.74 bits per heavy atom. The molecule has 2 aromatic heterocycles. The minimum Gasteiger partial charge on any atom is -0.477 e. The van der Waals surface area contributed by atoms with Gasteiger partial charge in [-0.3, -0.25) is 19.4 Å². The third-order valence-corrected chi connectivity index (χ3v) is 8.58. The van der Waals surface area contributed by atoms with Crippen LogP contribution in [0.4, 0.5) is 5.69 Å². The van der Waals surface area contributed by atoms with Crippen LogP contribution in [0.15, 0.2) is 41.5 Å². The van der Waals surface area contributed by atoms with Crippen molar-refractivity contribution in [3.8, 4) is 0 Å². The second-order valence-electron chi connectivity index (χ2n) is 9.56. The SMILES string of the molecule is C[C@@H](NC(=O)Cn1cnnn1)[C@H]1C(=O)N2C(C(=O)O)=C(S[C@@H]3CN[C@H](C(=O)Nc4ccncc4)C3)[C@H](C)[C@H]12. The minimum absolute atomic E-state index is 0.00865. The zero-order valence-corrected chi connectivity index (χ0v) is 21.5. The molecule has 0 saturated carbocycles. The molecule has 2 aromatic rings. The number of hydrogen-bond acceptors (Lipinski definition) is 10. The quantitative estimate of drug-likeness (QED) is 0.299. The number of tetrazole rings is 1. The molecule has 2 saturated heterocycles. The van der Waals surface area contributed by atoms with Gasteiger partial charge in [0.25, 0.3) is 0 Å². The Hall–Kier alpha value is -3.85. The molecule has 5 rings (SSSR count). The van der Waals surface area contributed by atoms with Gasteiger partial charge in [-0.2, -0.15) is 0 Å². The number of carboxylic acid groups (broad SMARTS) is 1. The number of amides is 3. The van der Waals surface area contributed by atoms with E-state index in [1.54, 1.807) is 31.5 Å². The molecule has 5 heterocycles. The Morgan fingerprint density at radius 2 is 2.05 bits per heavy atom. The molecule has 6 atom stereocenters. The lowest BCUT2D eigenvalue weighted by molar-refractivity contribution is -0.158. The standard InChI is InChI=1S/C23H27N9O5S/c1-11-18-17(12(2)27-16(33)9-31-10-26-29-30-31)22(35)32(18)19(23(36)37)20(11)38-14-7-15(25-8-14)21(34)28-13-3-5-24-6-4-13/h3-6,10-12,14-15,17-18,25H,7-9H2,1-2H3,(H,27,33)(H,36,37)(H,24,28,34)/t11-,12-,14+,15+,17-,18-/m1/s1. The van der Waals surface area contributed by atoms with Crippen LogP contribution in [0, 0.1) is 11.8 Å². The molecule has 38 heavy (non-hydrogen) atoms. The number of carboxylic acids is 1. The van der Waals surface area contributed by atoms with Crippen molar-refractivity contribution in [3.05, 3.63) is 41.5 Å². The first-order valence-electron chi connectivity index (χ1n) is 12.2. The van der Waals surface area contributed by atoms with Crippen LogP contribution in [0.1, 0.15) is 20.3 Å². The van der Waals surface area contributed by atoms with Gasteiger partial charge in [-0.25, -0.2) is 9.48 Å². The third kappa shape index (κ3) is 4.86. The van der Waals surface area contributed by atoms with Crippen LogP contribution < -0.4 is 16.0 Å². The fraction of sp³-hybridized carbons (Fsp3) is 0.478. The van der Waals surface area contributed by atoms with E-state index in [0.717, 1.165) is 0 Å². The molecular weight excluding hydrogens is 514 g/mol. The van der Waals surface area contributed by atoms with E-state index in [1.165, 1.54) is 27.7 Å². The van der Waals surface area contributed by atoms with Gasteiger partial charge in [0.05, 0.1) is 18.0 Å². The van der Waals surface area contributed by atoms with Gasteiger partial charge in [-0.05, 0) is 35.9 Å². The number of β-lactam (4-membered cyclic amide) rings is 1. The highest BCUT2D eigenvalue weighted by Crippen LogP contribution is 2.51. The van der Waals surface area contributed by atoms with E-state index in [4.69, 9.17) is 0 Å². The highest BCUT2D eigenvalue weighted by molar-refractivity contribution is 8.03. The fourth-order valence-electron chi connectivity index (χ4n) is 5.32. The Labute approximate surface area is 221 Å². The van der Waals surface area contributed by atoms with Gasteiger partial charge in [0.2, 0.25) is 17.7 Å². The van der Waals surface area contributed by atoms with Gasteiger partial charge < -0.3 is 26.0 Å². The van der Waals surface area contributed by atoms with Crippen molar-refractivity contribution in [2.75, 3.05) is 11.9 Å². The van der Waals surface area contributed by atoms with Crippen molar-refractivity contribution in [2.45, 2.75) is 50.2 Å². The van der Waals surface area contributed by atoms with Crippen LogP contribution in [0.2, 0.25) is 0 Å². The predicted molar refractivity (Wildman–Crippen MR) is 134 cm³/mol. The van der Waals surface area contributed by atoms with E-state index >= 15 is 0 Å². The average Bonchev–Trinajstić information content (AvgIpc) is 3.60. The number of aromatic nitrogens is 5. The molecule has 0 spiro atoms. The molecule has 14 nitrogen and oxygen atoms in total. The van der Waals surface area contributed by atoms with Crippen molar-refractivity contribution >= 4 is 41.1 Å². The molecule has 0 aromatic carbocycles. The minimum atomic E-state index is -1.16. The van der Waals surface area contributed by atoms with Gasteiger partial charge in [0.15, 0.2) is 0 Å². The first-order chi connectivity index (χ1) is 18.2. The van der Waals surface area contributed by atoms with Crippen molar-refractivity contribution in [1.82, 2.24) is 40.7 Å². The monoisotopic (exact) mass is 541 g/mol. The number of thioether (sulfide) groups is 1. The van der Waals surface area contributed by atoms with E-state index in [9.17, 15) is 24.3 Å². The van der Waals surface area contributed by atoms with Crippen molar-refractivity contribution in [3.63, 3.8) is 0 Å². The number of nitrogens with one attached hydrogen (secondary N) is 3. The van der Waals surface area contributed by atoms with Crippen LogP contribution in [-0.2, 0) is 25.7 Å². The molecule has 0 radical (unpaired) electrons. The number of aliphatic carboxylic acids is 1. The van der Waals surface area contributed by atoms with E-state index in [1.807, 2.05) is 6.92 Å². The number of fused-ring (bicyclic) bond motifs is 1. The molecule has 2 fully saturated rings. The lowest BCUT2D eigenvalue weighted by Gasteiger charge is -2.47. The zero-order valence-electron chi connectivity index (χ0n) is 20.6. The summed E-state index contributed by atoms with van der Waals surface area (Å²) >= 11 is 1.41. The zero-order chi connectivity index (χ0) is 27.0. The molecule has 200 valence electrons. The van der Waals surface area contributed by atoms with E-state index in [2.05, 4.69) is 36.5 Å². The summed E-state index contributed by atoms with van der Waals surface area (Å²) in [7, 11) is 0. The number of pyridine rings is 1. The van der Waals surface area contributed by atoms with E-state index < -0.39 is 24.0 Å². The summed E-state index contributed by atoms with van der Waals surface area (Å²) in [6, 6.07) is 2.10. The normalized spacial score (nSPS) is 27.1. The summed E-state index contributed by atoms with van der Waals surface area (Å²) in [6.07, 6.45) is 5.01. The summed E-state index contributed by atoms with van der Waals surface area (Å²) in [4.78, 5) is 56.3. The molecule has 3 amide bonds. The number of hydrogen-bond donors (Lipinski definition) is 4. The highest BCUT2D eigenvalue weighted by Gasteiger charge is 2.60. The van der Waals surface area contributed by atoms with Crippen molar-refractivity contribution in [1.29, 1.82) is 0 Å². The maximum Gasteiger partial charge on any atom is 0.353 e. The number of nitrogens with zero attached hydrogens (tertiary/aromatic N) is 6. The first-order valence-corrected chi connectivity index (χ1v) is 13.0. The first kappa shape index (κ1) is 25.8. The van der Waals surface area contributed by atoms with E-state index in [-0.39, 0.29) is 47.2 Å². The second-order valence-corrected chi connectivity index (χ2v) is 10.9. The number of anilines is 1. The topological polar surface area (TPSA) is 184 Å². The average molecular weight is 542 g/mol. The molecule has 4 N–H and O–H groups in total. The lowest BCUT2D eigenvalue weighted by atomic mass is 9.78. The van der Waals surface area contributed by atoms with E-state index in [0.29, 0.717) is 23.6 Å². The maximum absolute atomic E-state index is 13.1. The molecule has 15 heteroatoms. The maximum atomic E-state index is 13.1. The van der Waals surface area contributed by atoms with Crippen molar-refractivity contribution in [2.24, 2.45) is 11.8 Å². The van der Waals surface area contributed by atoms with Gasteiger partial charge in [-0.1, -0.05) is 6.92 Å². The molecule has 0 aliphatic carbocycles. The Bertz CT molecular complexity index is 1270. The van der Waals surface area contributed by atoms with Gasteiger partial charge in [-0.15, -0.1) is 16.9 Å². The predicted octanol–water partition coefficient (Wildman–Crippen LogP) is -0.552. The van der Waals surface area contributed by atoms with Crippen LogP contribution in [0.5, 0.6) is 0 Å². The summed E-state index contributed by atoms with van der Waals surface area (Å²) < 4.78 is 1.27. The number of carbonyl (C=O) groups is 4. The highest BCUT2D eigenvalue weighted by atomic mass is 32.2. The van der Waals surface area contributed by atoms with Crippen LogP contribution >= 0.6 is 11.8 Å². The van der Waals surface area contributed by atoms with Crippen molar-refractivity contribution < 1.29 is 24.3 Å². The van der Waals surface area contributed by atoms with Gasteiger partial charge in [0.1, 0.15) is 18.6 Å². The molecule has 3 aliphatic rings. The Kier molecular flexibility index (Phi) is 7.12. The van der Waals surface area contributed by atoms with Gasteiger partial charge in [0, 0.05) is 46.7 Å². The third-order valence-electron chi connectivity index (χ3n) is 7.06. The Balaban J connectivity index is 1.23. The summed E-state index contributed by atoms with van der Waals surface area (Å²) in [5, 5.41) is 29.5. The largest absolute Gasteiger partial charge is 0.477 e. The van der Waals surface area contributed by atoms with Crippen LogP contribution in [-0.4, -0.2) is 88.8 Å². The van der Waals surface area contributed by atoms with Gasteiger partial charge >= 0.3 is 5.97 Å². The second kappa shape index (κ2) is 10.5. The molecule has 0 bridgehead atoms. The van der Waals surface area contributed by atoms with Crippen LogP contribution in [0.25, 0.3) is 0 Å². The number of rotatable bonds is 9. The summed E-state index contributed by atoms with van der Waals surface area (Å²) in [5.41, 5.74) is 0.641. The Morgan fingerprint density at radius 1 is 1.29 bits per heavy atom. The smallest absolute Gasteiger partial charge is 0.353 e. The summed E-state index contributed by atoms with van der Waals surface area (Å²) in [5.74, 6) is -2.81. The lowest BCUT2D eigenvalue weighted by Crippen LogP contribution is -2.66. The van der Waals surface area contributed by atoms with Crippen LogP contribution in [0.3, 0.4) is 0 Å². The molecular formula is C23H27N9O5S. The number of carbonyl (C=O) groups excluding carboxylic acids is 3. The fourth-order valence-corrected chi connectivity index (χ4v) is 6.80. The molecule has 3 aliphatic heterocycles.